The molecule has 5 rings (SSSR count). The maximum atomic E-state index is 8.92. The van der Waals surface area contributed by atoms with Crippen molar-refractivity contribution in [2.45, 2.75) is 52.7 Å². The Bertz CT molecular complexity index is 1290. The molecule has 1 fully saturated rings. The summed E-state index contributed by atoms with van der Waals surface area (Å²) in [7, 11) is -1.74. The molecule has 0 unspecified atom stereocenters. The molecule has 36 heavy (non-hydrogen) atoms. The number of aryl methyl sites for hydroxylation is 2. The molecule has 2 N–H and O–H groups in total. The molecular formula is C24H28B2N4O4S2. The van der Waals surface area contributed by atoms with Crippen LogP contribution in [0.15, 0.2) is 48.5 Å². The molecule has 2 aromatic heterocycles. The molecule has 0 aliphatic carbocycles. The van der Waals surface area contributed by atoms with E-state index in [1.54, 1.807) is 35.6 Å². The zero-order valence-electron chi connectivity index (χ0n) is 21.1. The number of nitrogens with zero attached hydrogens (tertiary/aromatic N) is 4. The van der Waals surface area contributed by atoms with Crippen molar-refractivity contribution in [3.63, 3.8) is 0 Å². The molecule has 2 aromatic carbocycles. The van der Waals surface area contributed by atoms with Gasteiger partial charge in [-0.25, -0.2) is 0 Å². The highest BCUT2D eigenvalue weighted by Crippen LogP contribution is 2.36. The van der Waals surface area contributed by atoms with Crippen LogP contribution in [0.3, 0.4) is 0 Å². The maximum Gasteiger partial charge on any atom is 0.494 e. The Labute approximate surface area is 219 Å². The molecule has 8 nitrogen and oxygen atoms in total. The van der Waals surface area contributed by atoms with Gasteiger partial charge in [-0.15, -0.1) is 20.4 Å². The molecule has 0 radical (unpaired) electrons. The highest BCUT2D eigenvalue weighted by molar-refractivity contribution is 7.14. The van der Waals surface area contributed by atoms with Crippen LogP contribution in [-0.2, 0) is 9.31 Å². The average molecular weight is 522 g/mol. The summed E-state index contributed by atoms with van der Waals surface area (Å²) in [6, 6.07) is 15.1. The molecule has 4 aromatic rings. The van der Waals surface area contributed by atoms with Crippen molar-refractivity contribution in [2.75, 3.05) is 0 Å². The average Bonchev–Trinajstić information content (AvgIpc) is 3.52. The van der Waals surface area contributed by atoms with Crippen molar-refractivity contribution >= 4 is 47.8 Å². The van der Waals surface area contributed by atoms with Crippen molar-refractivity contribution in [1.29, 1.82) is 0 Å². The van der Waals surface area contributed by atoms with E-state index < -0.39 is 7.12 Å². The van der Waals surface area contributed by atoms with E-state index >= 15 is 0 Å². The quantitative estimate of drug-likeness (QED) is 0.394. The van der Waals surface area contributed by atoms with Crippen molar-refractivity contribution in [1.82, 2.24) is 20.4 Å². The van der Waals surface area contributed by atoms with Gasteiger partial charge in [0.2, 0.25) is 0 Å². The van der Waals surface area contributed by atoms with Gasteiger partial charge in [0.15, 0.2) is 0 Å². The topological polar surface area (TPSA) is 110 Å². The predicted molar refractivity (Wildman–Crippen MR) is 146 cm³/mol. The van der Waals surface area contributed by atoms with Gasteiger partial charge in [-0.2, -0.15) is 0 Å². The molecule has 0 amide bonds. The molecule has 3 heterocycles. The van der Waals surface area contributed by atoms with Crippen molar-refractivity contribution in [3.05, 3.63) is 58.5 Å². The van der Waals surface area contributed by atoms with Gasteiger partial charge in [0.05, 0.1) is 11.2 Å². The Morgan fingerprint density at radius 1 is 0.694 bits per heavy atom. The van der Waals surface area contributed by atoms with E-state index in [4.69, 9.17) is 19.4 Å². The third-order valence-corrected chi connectivity index (χ3v) is 7.97. The molecular weight excluding hydrogens is 494 g/mol. The number of rotatable bonds is 4. The van der Waals surface area contributed by atoms with Crippen LogP contribution in [-0.4, -0.2) is 55.9 Å². The molecule has 0 spiro atoms. The molecule has 1 saturated heterocycles. The van der Waals surface area contributed by atoms with E-state index in [0.29, 0.717) is 5.46 Å². The molecule has 186 valence electrons. The molecule has 0 bridgehead atoms. The standard InChI is InChI=1S/C15H19BN2O2S.C9H9BN2O2S/c1-10-17-18-13(21-10)11-6-8-12(9-7-11)16-19-14(2,3)15(4,5)20-16;1-6-11-12-9(15-6)7-2-4-8(5-3-7)10(13)14/h6-9H,1-5H3;2-5,13-14H,1H3. The van der Waals surface area contributed by atoms with Gasteiger partial charge in [0, 0.05) is 11.1 Å². The van der Waals surface area contributed by atoms with Crippen LogP contribution < -0.4 is 10.9 Å². The maximum absolute atomic E-state index is 8.92. The SMILES string of the molecule is Cc1nnc(-c2ccc(B(O)O)cc2)s1.Cc1nnc(-c2ccc(B3OC(C)(C)C(C)(C)O3)cc2)s1. The van der Waals surface area contributed by atoms with Gasteiger partial charge in [-0.05, 0) is 52.5 Å². The van der Waals surface area contributed by atoms with E-state index in [-0.39, 0.29) is 18.3 Å². The van der Waals surface area contributed by atoms with E-state index in [0.717, 1.165) is 36.6 Å². The van der Waals surface area contributed by atoms with E-state index in [1.165, 1.54) is 11.3 Å². The summed E-state index contributed by atoms with van der Waals surface area (Å²) in [6.45, 7) is 12.1. The predicted octanol–water partition coefficient (Wildman–Crippen LogP) is 3.01. The second kappa shape index (κ2) is 10.5. The Hall–Kier alpha value is -2.47. The Morgan fingerprint density at radius 2 is 1.11 bits per heavy atom. The molecule has 0 atom stereocenters. The molecule has 1 aliphatic rings. The lowest BCUT2D eigenvalue weighted by atomic mass is 9.79. The van der Waals surface area contributed by atoms with Crippen LogP contribution in [0.4, 0.5) is 0 Å². The van der Waals surface area contributed by atoms with E-state index in [9.17, 15) is 0 Å². The Kier molecular flexibility index (Phi) is 7.75. The van der Waals surface area contributed by atoms with Gasteiger partial charge < -0.3 is 19.4 Å². The lowest BCUT2D eigenvalue weighted by Crippen LogP contribution is -2.41. The van der Waals surface area contributed by atoms with Crippen LogP contribution >= 0.6 is 22.7 Å². The third kappa shape index (κ3) is 5.91. The number of hydrogen-bond acceptors (Lipinski definition) is 10. The zero-order valence-corrected chi connectivity index (χ0v) is 22.7. The van der Waals surface area contributed by atoms with Crippen LogP contribution in [0.1, 0.15) is 37.7 Å². The van der Waals surface area contributed by atoms with Gasteiger partial charge in [0.1, 0.15) is 20.0 Å². The molecule has 1 aliphatic heterocycles. The molecule has 0 saturated carbocycles. The Morgan fingerprint density at radius 3 is 1.47 bits per heavy atom. The lowest BCUT2D eigenvalue weighted by Gasteiger charge is -2.32. The van der Waals surface area contributed by atoms with E-state index in [2.05, 4.69) is 48.1 Å². The molecule has 12 heteroatoms. The second-order valence-electron chi connectivity index (χ2n) is 9.46. The highest BCUT2D eigenvalue weighted by Gasteiger charge is 2.51. The summed E-state index contributed by atoms with van der Waals surface area (Å²) >= 11 is 3.10. The third-order valence-electron chi connectivity index (χ3n) is 6.19. The van der Waals surface area contributed by atoms with Gasteiger partial charge in [0.25, 0.3) is 0 Å². The fraction of sp³-hybridized carbons (Fsp3) is 0.333. The first-order valence-electron chi connectivity index (χ1n) is 11.5. The minimum absolute atomic E-state index is 0.313. The van der Waals surface area contributed by atoms with Gasteiger partial charge in [-0.3, -0.25) is 0 Å². The van der Waals surface area contributed by atoms with Crippen LogP contribution in [0.5, 0.6) is 0 Å². The van der Waals surface area contributed by atoms with Crippen molar-refractivity contribution < 1.29 is 19.4 Å². The fourth-order valence-electron chi connectivity index (χ4n) is 3.39. The Balaban J connectivity index is 0.000000179. The van der Waals surface area contributed by atoms with E-state index in [1.807, 2.05) is 38.1 Å². The summed E-state index contributed by atoms with van der Waals surface area (Å²) in [5, 5.41) is 37.6. The van der Waals surface area contributed by atoms with Gasteiger partial charge in [-0.1, -0.05) is 71.2 Å². The summed E-state index contributed by atoms with van der Waals surface area (Å²) < 4.78 is 12.1. The largest absolute Gasteiger partial charge is 0.494 e. The smallest absolute Gasteiger partial charge is 0.423 e. The van der Waals surface area contributed by atoms with Crippen LogP contribution in [0.25, 0.3) is 21.1 Å². The first-order valence-corrected chi connectivity index (χ1v) is 13.1. The summed E-state index contributed by atoms with van der Waals surface area (Å²) in [5.74, 6) is 0. The number of hydrogen-bond donors (Lipinski definition) is 2. The minimum Gasteiger partial charge on any atom is -0.423 e. The number of benzene rings is 2. The monoisotopic (exact) mass is 522 g/mol. The minimum atomic E-state index is -1.42. The first kappa shape index (κ1) is 26.6. The normalized spacial score (nSPS) is 15.9. The van der Waals surface area contributed by atoms with Crippen LogP contribution in [0.2, 0.25) is 0 Å². The van der Waals surface area contributed by atoms with Crippen molar-refractivity contribution in [3.8, 4) is 21.1 Å². The highest BCUT2D eigenvalue weighted by atomic mass is 32.1. The summed E-state index contributed by atoms with van der Waals surface area (Å²) in [5.41, 5.74) is 2.88. The van der Waals surface area contributed by atoms with Gasteiger partial charge >= 0.3 is 14.2 Å². The first-order chi connectivity index (χ1) is 16.9. The van der Waals surface area contributed by atoms with Crippen molar-refractivity contribution in [2.24, 2.45) is 0 Å². The van der Waals surface area contributed by atoms with Crippen LogP contribution in [0, 0.1) is 13.8 Å². The second-order valence-corrected chi connectivity index (χ2v) is 11.8. The summed E-state index contributed by atoms with van der Waals surface area (Å²) in [4.78, 5) is 0. The fourth-order valence-corrected chi connectivity index (χ4v) is 4.78. The number of aromatic nitrogens is 4. The summed E-state index contributed by atoms with van der Waals surface area (Å²) in [6.07, 6.45) is 0. The lowest BCUT2D eigenvalue weighted by molar-refractivity contribution is 0.00578. The zero-order chi connectivity index (χ0) is 26.1.